The molecule has 1 heteroatoms. The molecule has 2 saturated carbocycles. The van der Waals surface area contributed by atoms with Crippen molar-refractivity contribution in [2.24, 2.45) is 17.6 Å². The van der Waals surface area contributed by atoms with Gasteiger partial charge < -0.3 is 5.73 Å². The predicted molar refractivity (Wildman–Crippen MR) is 90.7 cm³/mol. The van der Waals surface area contributed by atoms with Crippen molar-refractivity contribution >= 4 is 0 Å². The Kier molecular flexibility index (Phi) is 3.48. The van der Waals surface area contributed by atoms with Crippen LogP contribution in [0.4, 0.5) is 0 Å². The normalized spacial score (nSPS) is 31.9. The second kappa shape index (κ2) is 4.84. The summed E-state index contributed by atoms with van der Waals surface area (Å²) in [6, 6.07) is 4.77. The summed E-state index contributed by atoms with van der Waals surface area (Å²) in [6.45, 7) is 11.4. The van der Waals surface area contributed by atoms with Crippen molar-refractivity contribution in [2.45, 2.75) is 77.7 Å². The van der Waals surface area contributed by atoms with Crippen molar-refractivity contribution in [3.63, 3.8) is 0 Å². The highest BCUT2D eigenvalue weighted by molar-refractivity contribution is 5.42. The highest BCUT2D eigenvalue weighted by Crippen LogP contribution is 2.58. The SMILES string of the molecule is Cc1cc(C(C)(C)C)cc(C)c1CC1(N)C2CCCCC21. The number of benzene rings is 1. The number of hydrogen-bond acceptors (Lipinski definition) is 1. The van der Waals surface area contributed by atoms with Crippen molar-refractivity contribution < 1.29 is 0 Å². The Hall–Kier alpha value is -0.820. The Bertz CT molecular complexity index is 514. The summed E-state index contributed by atoms with van der Waals surface area (Å²) >= 11 is 0. The lowest BCUT2D eigenvalue weighted by atomic mass is 9.82. The van der Waals surface area contributed by atoms with Crippen LogP contribution in [0.1, 0.15) is 68.7 Å². The Morgan fingerprint density at radius 2 is 1.52 bits per heavy atom. The molecule has 116 valence electrons. The maximum Gasteiger partial charge on any atom is 0.0259 e. The van der Waals surface area contributed by atoms with E-state index in [0.29, 0.717) is 0 Å². The lowest BCUT2D eigenvalue weighted by Crippen LogP contribution is -2.30. The van der Waals surface area contributed by atoms with Gasteiger partial charge in [-0.25, -0.2) is 0 Å². The Balaban J connectivity index is 1.87. The van der Waals surface area contributed by atoms with Crippen LogP contribution in [0, 0.1) is 25.7 Å². The second-order valence-corrected chi connectivity index (χ2v) is 8.63. The van der Waals surface area contributed by atoms with Crippen molar-refractivity contribution in [2.75, 3.05) is 0 Å². The first-order valence-corrected chi connectivity index (χ1v) is 8.63. The first kappa shape index (κ1) is 15.1. The number of nitrogens with two attached hydrogens (primary N) is 1. The minimum absolute atomic E-state index is 0.106. The average Bonchev–Trinajstić information content (AvgIpc) is 2.99. The van der Waals surface area contributed by atoms with E-state index in [0.717, 1.165) is 18.3 Å². The highest BCUT2D eigenvalue weighted by atomic mass is 14.9. The van der Waals surface area contributed by atoms with Crippen molar-refractivity contribution in [3.05, 3.63) is 34.4 Å². The molecule has 2 atom stereocenters. The van der Waals surface area contributed by atoms with Crippen LogP contribution < -0.4 is 5.73 Å². The molecule has 0 radical (unpaired) electrons. The van der Waals surface area contributed by atoms with Crippen molar-refractivity contribution in [1.29, 1.82) is 0 Å². The van der Waals surface area contributed by atoms with Crippen LogP contribution in [0.15, 0.2) is 12.1 Å². The van der Waals surface area contributed by atoms with E-state index in [1.165, 1.54) is 47.9 Å². The molecule has 21 heavy (non-hydrogen) atoms. The van der Waals surface area contributed by atoms with E-state index in [1.807, 2.05) is 0 Å². The number of rotatable bonds is 2. The third-order valence-electron chi connectivity index (χ3n) is 6.08. The van der Waals surface area contributed by atoms with Gasteiger partial charge in [0.2, 0.25) is 0 Å². The Morgan fingerprint density at radius 1 is 1.05 bits per heavy atom. The van der Waals surface area contributed by atoms with E-state index in [9.17, 15) is 0 Å². The zero-order chi connectivity index (χ0) is 15.4. The van der Waals surface area contributed by atoms with E-state index in [4.69, 9.17) is 5.73 Å². The molecule has 2 unspecified atom stereocenters. The van der Waals surface area contributed by atoms with Gasteiger partial charge in [-0.1, -0.05) is 45.7 Å². The molecule has 1 aromatic rings. The molecule has 2 aliphatic carbocycles. The van der Waals surface area contributed by atoms with E-state index in [-0.39, 0.29) is 11.0 Å². The molecule has 0 aliphatic heterocycles. The quantitative estimate of drug-likeness (QED) is 0.840. The standard InChI is InChI=1S/C20H31N/c1-13-10-15(19(3,4)5)11-14(2)16(13)12-20(21)17-8-6-7-9-18(17)20/h10-11,17-18H,6-9,12,21H2,1-5H3. The van der Waals surface area contributed by atoms with Crippen LogP contribution in [-0.4, -0.2) is 5.54 Å². The zero-order valence-corrected chi connectivity index (χ0v) is 14.4. The van der Waals surface area contributed by atoms with Gasteiger partial charge in [0.05, 0.1) is 0 Å². The minimum Gasteiger partial charge on any atom is -0.324 e. The number of aryl methyl sites for hydroxylation is 2. The maximum atomic E-state index is 6.79. The second-order valence-electron chi connectivity index (χ2n) is 8.63. The fourth-order valence-corrected chi connectivity index (χ4v) is 4.57. The molecular formula is C20H31N. The van der Waals surface area contributed by atoms with Crippen LogP contribution in [-0.2, 0) is 11.8 Å². The summed E-state index contributed by atoms with van der Waals surface area (Å²) in [5, 5.41) is 0. The van der Waals surface area contributed by atoms with Gasteiger partial charge in [0.15, 0.2) is 0 Å². The van der Waals surface area contributed by atoms with Crippen LogP contribution in [0.5, 0.6) is 0 Å². The van der Waals surface area contributed by atoms with E-state index >= 15 is 0 Å². The highest BCUT2D eigenvalue weighted by Gasteiger charge is 2.61. The smallest absolute Gasteiger partial charge is 0.0259 e. The van der Waals surface area contributed by atoms with Gasteiger partial charge in [0, 0.05) is 5.54 Å². The summed E-state index contributed by atoms with van der Waals surface area (Å²) in [5.41, 5.74) is 13.0. The van der Waals surface area contributed by atoms with Gasteiger partial charge in [-0.15, -0.1) is 0 Å². The van der Waals surface area contributed by atoms with E-state index < -0.39 is 0 Å². The number of fused-ring (bicyclic) bond motifs is 1. The third kappa shape index (κ3) is 2.54. The average molecular weight is 285 g/mol. The topological polar surface area (TPSA) is 26.0 Å². The first-order valence-electron chi connectivity index (χ1n) is 8.63. The van der Waals surface area contributed by atoms with Crippen LogP contribution in [0.2, 0.25) is 0 Å². The van der Waals surface area contributed by atoms with Crippen LogP contribution in [0.25, 0.3) is 0 Å². The lowest BCUT2D eigenvalue weighted by molar-refractivity contribution is 0.480. The summed E-state index contributed by atoms with van der Waals surface area (Å²) in [5.74, 6) is 1.60. The molecule has 1 aromatic carbocycles. The van der Waals surface area contributed by atoms with Crippen molar-refractivity contribution in [3.8, 4) is 0 Å². The van der Waals surface area contributed by atoms with Gasteiger partial charge in [-0.3, -0.25) is 0 Å². The summed E-state index contributed by atoms with van der Waals surface area (Å²) in [4.78, 5) is 0. The largest absolute Gasteiger partial charge is 0.324 e. The monoisotopic (exact) mass is 285 g/mol. The maximum absolute atomic E-state index is 6.79. The fraction of sp³-hybridized carbons (Fsp3) is 0.700. The van der Waals surface area contributed by atoms with Gasteiger partial charge >= 0.3 is 0 Å². The summed E-state index contributed by atoms with van der Waals surface area (Å²) in [6.07, 6.45) is 6.59. The molecule has 1 nitrogen and oxygen atoms in total. The minimum atomic E-state index is 0.106. The van der Waals surface area contributed by atoms with E-state index in [2.05, 4.69) is 46.8 Å². The summed E-state index contributed by atoms with van der Waals surface area (Å²) in [7, 11) is 0. The third-order valence-corrected chi connectivity index (χ3v) is 6.08. The zero-order valence-electron chi connectivity index (χ0n) is 14.4. The molecule has 0 heterocycles. The summed E-state index contributed by atoms with van der Waals surface area (Å²) < 4.78 is 0. The molecule has 2 fully saturated rings. The van der Waals surface area contributed by atoms with E-state index in [1.54, 1.807) is 0 Å². The van der Waals surface area contributed by atoms with Crippen LogP contribution >= 0.6 is 0 Å². The van der Waals surface area contributed by atoms with Gasteiger partial charge in [-0.05, 0) is 72.6 Å². The molecule has 0 aromatic heterocycles. The van der Waals surface area contributed by atoms with Gasteiger partial charge in [0.25, 0.3) is 0 Å². The Morgan fingerprint density at radius 3 is 1.95 bits per heavy atom. The molecule has 0 spiro atoms. The van der Waals surface area contributed by atoms with Gasteiger partial charge in [0.1, 0.15) is 0 Å². The van der Waals surface area contributed by atoms with Gasteiger partial charge in [-0.2, -0.15) is 0 Å². The molecule has 0 amide bonds. The molecule has 2 N–H and O–H groups in total. The number of hydrogen-bond donors (Lipinski definition) is 1. The molecule has 2 aliphatic rings. The fourth-order valence-electron chi connectivity index (χ4n) is 4.57. The lowest BCUT2D eigenvalue weighted by Gasteiger charge is -2.24. The molecule has 0 bridgehead atoms. The first-order chi connectivity index (χ1) is 9.73. The Labute approximate surface area is 130 Å². The van der Waals surface area contributed by atoms with Crippen LogP contribution in [0.3, 0.4) is 0 Å². The predicted octanol–water partition coefficient (Wildman–Crippen LogP) is 4.66. The van der Waals surface area contributed by atoms with Crippen molar-refractivity contribution in [1.82, 2.24) is 0 Å². The molecule has 3 rings (SSSR count). The molecule has 0 saturated heterocycles. The molecular weight excluding hydrogens is 254 g/mol.